The van der Waals surface area contributed by atoms with Gasteiger partial charge in [-0.05, 0) is 13.0 Å². The molecule has 0 amide bonds. The van der Waals surface area contributed by atoms with E-state index in [0.717, 1.165) is 6.07 Å². The standard InChI is InChI=1S/C12H12F2N2O5/c1-12(11(17)18)5-21-4-8(12)15-10-7(16(19)20)3-2-6(13)9(10)14/h2-3,8,15H,4-5H2,1H3,(H,17,18). The molecule has 9 heteroatoms. The molecule has 2 atom stereocenters. The minimum absolute atomic E-state index is 0.0874. The maximum Gasteiger partial charge on any atom is 0.313 e. The van der Waals surface area contributed by atoms with Gasteiger partial charge in [0, 0.05) is 6.07 Å². The van der Waals surface area contributed by atoms with Gasteiger partial charge >= 0.3 is 5.97 Å². The van der Waals surface area contributed by atoms with Gasteiger partial charge < -0.3 is 15.2 Å². The van der Waals surface area contributed by atoms with Crippen LogP contribution >= 0.6 is 0 Å². The van der Waals surface area contributed by atoms with Crippen molar-refractivity contribution in [2.45, 2.75) is 13.0 Å². The predicted octanol–water partition coefficient (Wildman–Crippen LogP) is 1.77. The van der Waals surface area contributed by atoms with E-state index in [1.807, 2.05) is 0 Å². The fraction of sp³-hybridized carbons (Fsp3) is 0.417. The zero-order valence-corrected chi connectivity index (χ0v) is 10.9. The second kappa shape index (κ2) is 5.24. The quantitative estimate of drug-likeness (QED) is 0.649. The Bertz CT molecular complexity index is 610. The van der Waals surface area contributed by atoms with Crippen LogP contribution in [0.25, 0.3) is 0 Å². The molecule has 1 aromatic rings. The maximum absolute atomic E-state index is 13.8. The van der Waals surface area contributed by atoms with E-state index in [-0.39, 0.29) is 13.2 Å². The van der Waals surface area contributed by atoms with Crippen LogP contribution in [0.4, 0.5) is 20.2 Å². The highest BCUT2D eigenvalue weighted by Crippen LogP contribution is 2.35. The van der Waals surface area contributed by atoms with Crippen LogP contribution in [-0.2, 0) is 9.53 Å². The van der Waals surface area contributed by atoms with Crippen molar-refractivity contribution in [1.29, 1.82) is 0 Å². The molecule has 0 aliphatic carbocycles. The van der Waals surface area contributed by atoms with E-state index in [2.05, 4.69) is 5.32 Å². The van der Waals surface area contributed by atoms with Gasteiger partial charge in [0.05, 0.1) is 24.2 Å². The number of hydrogen-bond donors (Lipinski definition) is 2. The lowest BCUT2D eigenvalue weighted by Crippen LogP contribution is -2.43. The number of carboxylic acid groups (broad SMARTS) is 1. The highest BCUT2D eigenvalue weighted by atomic mass is 19.2. The molecule has 0 saturated carbocycles. The number of ether oxygens (including phenoxy) is 1. The van der Waals surface area contributed by atoms with E-state index in [1.54, 1.807) is 0 Å². The van der Waals surface area contributed by atoms with Gasteiger partial charge in [0.25, 0.3) is 5.69 Å². The zero-order chi connectivity index (χ0) is 15.8. The second-order valence-electron chi connectivity index (χ2n) is 4.95. The average Bonchev–Trinajstić information content (AvgIpc) is 2.78. The van der Waals surface area contributed by atoms with Crippen LogP contribution in [-0.4, -0.2) is 35.3 Å². The van der Waals surface area contributed by atoms with Gasteiger partial charge in [-0.25, -0.2) is 8.78 Å². The fourth-order valence-electron chi connectivity index (χ4n) is 2.09. The Labute approximate surface area is 117 Å². The zero-order valence-electron chi connectivity index (χ0n) is 10.9. The number of carboxylic acids is 1. The van der Waals surface area contributed by atoms with E-state index in [0.29, 0.717) is 6.07 Å². The summed E-state index contributed by atoms with van der Waals surface area (Å²) in [6.07, 6.45) is 0. The molecule has 1 aliphatic rings. The first-order valence-corrected chi connectivity index (χ1v) is 5.97. The Morgan fingerprint density at radius 1 is 1.57 bits per heavy atom. The predicted molar refractivity (Wildman–Crippen MR) is 67.0 cm³/mol. The van der Waals surface area contributed by atoms with Crippen molar-refractivity contribution in [3.8, 4) is 0 Å². The molecule has 1 heterocycles. The van der Waals surface area contributed by atoms with Crippen molar-refractivity contribution in [3.05, 3.63) is 33.9 Å². The first kappa shape index (κ1) is 15.1. The van der Waals surface area contributed by atoms with E-state index < -0.39 is 45.4 Å². The Morgan fingerprint density at radius 2 is 2.24 bits per heavy atom. The Hall–Kier alpha value is -2.29. The summed E-state index contributed by atoms with van der Waals surface area (Å²) in [7, 11) is 0. The van der Waals surface area contributed by atoms with Gasteiger partial charge in [0.2, 0.25) is 0 Å². The molecule has 1 fully saturated rings. The normalized spacial score (nSPS) is 24.8. The van der Waals surface area contributed by atoms with Crippen molar-refractivity contribution < 1.29 is 28.3 Å². The molecule has 21 heavy (non-hydrogen) atoms. The van der Waals surface area contributed by atoms with Crippen molar-refractivity contribution in [1.82, 2.24) is 0 Å². The van der Waals surface area contributed by atoms with E-state index in [4.69, 9.17) is 4.74 Å². The number of rotatable bonds is 4. The molecule has 2 unspecified atom stereocenters. The lowest BCUT2D eigenvalue weighted by molar-refractivity contribution is -0.384. The van der Waals surface area contributed by atoms with Crippen molar-refractivity contribution in [2.75, 3.05) is 18.5 Å². The van der Waals surface area contributed by atoms with Gasteiger partial charge in [0.1, 0.15) is 5.41 Å². The summed E-state index contributed by atoms with van der Waals surface area (Å²) in [4.78, 5) is 21.3. The topological polar surface area (TPSA) is 102 Å². The molecule has 0 aromatic heterocycles. The van der Waals surface area contributed by atoms with Gasteiger partial charge in [-0.2, -0.15) is 0 Å². The minimum atomic E-state index is -1.43. The smallest absolute Gasteiger partial charge is 0.313 e. The summed E-state index contributed by atoms with van der Waals surface area (Å²) in [5, 5.41) is 22.5. The number of nitro groups is 1. The van der Waals surface area contributed by atoms with E-state index >= 15 is 0 Å². The molecule has 1 saturated heterocycles. The minimum Gasteiger partial charge on any atom is -0.481 e. The maximum atomic E-state index is 13.8. The molecular weight excluding hydrogens is 290 g/mol. The first-order valence-electron chi connectivity index (χ1n) is 5.97. The molecule has 1 aromatic carbocycles. The molecule has 0 spiro atoms. The largest absolute Gasteiger partial charge is 0.481 e. The van der Waals surface area contributed by atoms with Crippen molar-refractivity contribution >= 4 is 17.3 Å². The summed E-state index contributed by atoms with van der Waals surface area (Å²) < 4.78 is 32.1. The molecule has 114 valence electrons. The number of benzene rings is 1. The summed E-state index contributed by atoms with van der Waals surface area (Å²) in [6, 6.07) is 0.527. The van der Waals surface area contributed by atoms with Crippen LogP contribution in [0.1, 0.15) is 6.92 Å². The van der Waals surface area contributed by atoms with Gasteiger partial charge in [0.15, 0.2) is 17.3 Å². The number of nitrogens with one attached hydrogen (secondary N) is 1. The molecule has 0 bridgehead atoms. The number of hydrogen-bond acceptors (Lipinski definition) is 5. The molecule has 7 nitrogen and oxygen atoms in total. The van der Waals surface area contributed by atoms with Crippen LogP contribution in [0.15, 0.2) is 12.1 Å². The monoisotopic (exact) mass is 302 g/mol. The second-order valence-corrected chi connectivity index (χ2v) is 4.95. The third-order valence-electron chi connectivity index (χ3n) is 3.53. The van der Waals surface area contributed by atoms with Crippen LogP contribution in [0.2, 0.25) is 0 Å². The number of nitrogens with zero attached hydrogens (tertiary/aromatic N) is 1. The Balaban J connectivity index is 2.42. The van der Waals surface area contributed by atoms with E-state index in [1.165, 1.54) is 6.92 Å². The number of carbonyl (C=O) groups is 1. The van der Waals surface area contributed by atoms with Crippen LogP contribution in [0.3, 0.4) is 0 Å². The lowest BCUT2D eigenvalue weighted by atomic mass is 9.85. The number of aliphatic carboxylic acids is 1. The third-order valence-corrected chi connectivity index (χ3v) is 3.53. The summed E-state index contributed by atoms with van der Waals surface area (Å²) in [5.74, 6) is -3.89. The molecule has 0 radical (unpaired) electrons. The number of halogens is 2. The number of anilines is 1. The third kappa shape index (κ3) is 2.51. The highest BCUT2D eigenvalue weighted by molar-refractivity contribution is 5.77. The van der Waals surface area contributed by atoms with Gasteiger partial charge in [-0.3, -0.25) is 14.9 Å². The average molecular weight is 302 g/mol. The summed E-state index contributed by atoms with van der Waals surface area (Å²) in [5.41, 5.74) is -2.75. The fourth-order valence-corrected chi connectivity index (χ4v) is 2.09. The summed E-state index contributed by atoms with van der Waals surface area (Å²) in [6.45, 7) is 1.14. The van der Waals surface area contributed by atoms with Crippen molar-refractivity contribution in [3.63, 3.8) is 0 Å². The first-order chi connectivity index (χ1) is 9.77. The van der Waals surface area contributed by atoms with Gasteiger partial charge in [-0.15, -0.1) is 0 Å². The molecule has 2 rings (SSSR count). The SMILES string of the molecule is CC1(C(=O)O)COCC1Nc1c([N+](=O)[O-])ccc(F)c1F. The summed E-state index contributed by atoms with van der Waals surface area (Å²) >= 11 is 0. The number of nitro benzene ring substituents is 1. The lowest BCUT2D eigenvalue weighted by Gasteiger charge is -2.26. The molecule has 1 aliphatic heterocycles. The van der Waals surface area contributed by atoms with Crippen molar-refractivity contribution in [2.24, 2.45) is 5.41 Å². The van der Waals surface area contributed by atoms with E-state index in [9.17, 15) is 28.8 Å². The van der Waals surface area contributed by atoms with Crippen LogP contribution in [0, 0.1) is 27.2 Å². The Morgan fingerprint density at radius 3 is 2.81 bits per heavy atom. The highest BCUT2D eigenvalue weighted by Gasteiger charge is 2.47. The van der Waals surface area contributed by atoms with Crippen LogP contribution in [0.5, 0.6) is 0 Å². The van der Waals surface area contributed by atoms with Crippen LogP contribution < -0.4 is 5.32 Å². The molecule has 2 N–H and O–H groups in total. The molecular formula is C12H12F2N2O5. The van der Waals surface area contributed by atoms with Gasteiger partial charge in [-0.1, -0.05) is 0 Å². The Kier molecular flexibility index (Phi) is 3.77.